The Kier molecular flexibility index (Phi) is 19.6. The first-order chi connectivity index (χ1) is 5.29. The van der Waals surface area contributed by atoms with Crippen LogP contribution in [0.25, 0.3) is 0 Å². The third-order valence-corrected chi connectivity index (χ3v) is 0.366. The SMILES string of the molecule is O=C(O)C(=O)O.O=C(O)C(=O)O.[Fe].[Ni]. The molecule has 0 amide bonds. The van der Waals surface area contributed by atoms with E-state index in [1.54, 1.807) is 0 Å². The molecule has 0 aromatic heterocycles. The molecule has 0 spiro atoms. The van der Waals surface area contributed by atoms with Crippen LogP contribution in [-0.4, -0.2) is 44.3 Å². The van der Waals surface area contributed by atoms with Crippen molar-refractivity contribution < 1.29 is 73.2 Å². The molecule has 86 valence electrons. The Hall–Kier alpha value is -1.11. The smallest absolute Gasteiger partial charge is 0.414 e. The molecule has 4 N–H and O–H groups in total. The van der Waals surface area contributed by atoms with Crippen molar-refractivity contribution in [1.82, 2.24) is 0 Å². The van der Waals surface area contributed by atoms with E-state index in [1.807, 2.05) is 0 Å². The Bertz CT molecular complexity index is 177. The number of carbonyl (C=O) groups is 4. The number of hydrogen-bond acceptors (Lipinski definition) is 4. The number of carboxylic acid groups (broad SMARTS) is 4. The molecular formula is C4H4FeNiO8. The maximum absolute atomic E-state index is 9.10. The van der Waals surface area contributed by atoms with Crippen LogP contribution < -0.4 is 0 Å². The molecule has 14 heavy (non-hydrogen) atoms. The second-order valence-corrected chi connectivity index (χ2v) is 1.22. The summed E-state index contributed by atoms with van der Waals surface area (Å²) in [5.41, 5.74) is 0. The fourth-order valence-electron chi connectivity index (χ4n) is 0. The molecule has 10 heteroatoms. The van der Waals surface area contributed by atoms with Crippen molar-refractivity contribution in [2.24, 2.45) is 0 Å². The van der Waals surface area contributed by atoms with E-state index in [1.165, 1.54) is 0 Å². The molecule has 0 unspecified atom stereocenters. The second kappa shape index (κ2) is 11.9. The summed E-state index contributed by atoms with van der Waals surface area (Å²) < 4.78 is 0. The number of aliphatic carboxylic acids is 4. The predicted octanol–water partition coefficient (Wildman–Crippen LogP) is -1.69. The molecule has 0 aliphatic rings. The molecule has 0 radical (unpaired) electrons. The van der Waals surface area contributed by atoms with Crippen molar-refractivity contribution in [3.05, 3.63) is 0 Å². The van der Waals surface area contributed by atoms with Crippen LogP contribution in [0.5, 0.6) is 0 Å². The zero-order valence-corrected chi connectivity index (χ0v) is 8.18. The van der Waals surface area contributed by atoms with Gasteiger partial charge in [0.1, 0.15) is 0 Å². The largest absolute Gasteiger partial charge is 0.473 e. The third-order valence-electron chi connectivity index (χ3n) is 0.366. The van der Waals surface area contributed by atoms with Gasteiger partial charge in [0, 0.05) is 33.6 Å². The van der Waals surface area contributed by atoms with Gasteiger partial charge in [0.2, 0.25) is 0 Å². The van der Waals surface area contributed by atoms with Gasteiger partial charge in [0.05, 0.1) is 0 Å². The number of carboxylic acids is 4. The third kappa shape index (κ3) is 22.4. The Morgan fingerprint density at radius 1 is 0.571 bits per heavy atom. The van der Waals surface area contributed by atoms with Gasteiger partial charge in [-0.05, 0) is 0 Å². The molecule has 8 nitrogen and oxygen atoms in total. The molecule has 0 saturated carbocycles. The first-order valence-corrected chi connectivity index (χ1v) is 2.21. The number of hydrogen-bond donors (Lipinski definition) is 4. The summed E-state index contributed by atoms with van der Waals surface area (Å²) in [4.78, 5) is 36.4. The van der Waals surface area contributed by atoms with Crippen molar-refractivity contribution in [3.8, 4) is 0 Å². The van der Waals surface area contributed by atoms with Gasteiger partial charge in [-0.25, -0.2) is 19.2 Å². The minimum atomic E-state index is -1.82. The summed E-state index contributed by atoms with van der Waals surface area (Å²) in [6.45, 7) is 0. The van der Waals surface area contributed by atoms with Crippen molar-refractivity contribution in [2.75, 3.05) is 0 Å². The van der Waals surface area contributed by atoms with E-state index in [2.05, 4.69) is 0 Å². The molecule has 0 aromatic rings. The van der Waals surface area contributed by atoms with Crippen LogP contribution >= 0.6 is 0 Å². The first kappa shape index (κ1) is 23.1. The van der Waals surface area contributed by atoms with Crippen molar-refractivity contribution >= 4 is 23.9 Å². The van der Waals surface area contributed by atoms with Gasteiger partial charge in [-0.3, -0.25) is 0 Å². The minimum absolute atomic E-state index is 0. The Labute approximate surface area is 97.3 Å². The van der Waals surface area contributed by atoms with E-state index >= 15 is 0 Å². The predicted molar refractivity (Wildman–Crippen MR) is 30.5 cm³/mol. The Morgan fingerprint density at radius 2 is 0.643 bits per heavy atom. The summed E-state index contributed by atoms with van der Waals surface area (Å²) in [6, 6.07) is 0. The van der Waals surface area contributed by atoms with Crippen LogP contribution in [0.1, 0.15) is 0 Å². The molecule has 0 heterocycles. The van der Waals surface area contributed by atoms with E-state index in [0.29, 0.717) is 0 Å². The minimum Gasteiger partial charge on any atom is -0.473 e. The molecule has 0 fully saturated rings. The van der Waals surface area contributed by atoms with Gasteiger partial charge in [0.15, 0.2) is 0 Å². The fourth-order valence-corrected chi connectivity index (χ4v) is 0. The van der Waals surface area contributed by atoms with Gasteiger partial charge in [0.25, 0.3) is 0 Å². The second-order valence-electron chi connectivity index (χ2n) is 1.22. The van der Waals surface area contributed by atoms with Gasteiger partial charge in [-0.15, -0.1) is 0 Å². The van der Waals surface area contributed by atoms with E-state index in [-0.39, 0.29) is 33.6 Å². The van der Waals surface area contributed by atoms with E-state index in [9.17, 15) is 0 Å². The van der Waals surface area contributed by atoms with Crippen LogP contribution in [-0.2, 0) is 52.7 Å². The van der Waals surface area contributed by atoms with Crippen LogP contribution in [0.15, 0.2) is 0 Å². The van der Waals surface area contributed by atoms with E-state index < -0.39 is 23.9 Å². The fraction of sp³-hybridized carbons (Fsp3) is 0. The van der Waals surface area contributed by atoms with Crippen LogP contribution in [0.4, 0.5) is 0 Å². The molecule has 0 aliphatic heterocycles. The van der Waals surface area contributed by atoms with Gasteiger partial charge in [-0.1, -0.05) is 0 Å². The molecule has 0 rings (SSSR count). The maximum atomic E-state index is 9.10. The van der Waals surface area contributed by atoms with Crippen molar-refractivity contribution in [3.63, 3.8) is 0 Å². The van der Waals surface area contributed by atoms with Gasteiger partial charge < -0.3 is 20.4 Å². The van der Waals surface area contributed by atoms with Gasteiger partial charge >= 0.3 is 23.9 Å². The summed E-state index contributed by atoms with van der Waals surface area (Å²) in [5, 5.41) is 29.6. The van der Waals surface area contributed by atoms with Gasteiger partial charge in [-0.2, -0.15) is 0 Å². The normalized spacial score (nSPS) is 6.29. The summed E-state index contributed by atoms with van der Waals surface area (Å²) >= 11 is 0. The first-order valence-electron chi connectivity index (χ1n) is 2.21. The molecule has 0 saturated heterocycles. The Balaban J connectivity index is -0.0000000625. The maximum Gasteiger partial charge on any atom is 0.414 e. The molecular weight excluding hydrogens is 291 g/mol. The average Bonchev–Trinajstić information content (AvgIpc) is 1.88. The van der Waals surface area contributed by atoms with E-state index in [0.717, 1.165) is 0 Å². The Morgan fingerprint density at radius 3 is 0.643 bits per heavy atom. The average molecular weight is 295 g/mol. The number of rotatable bonds is 0. The summed E-state index contributed by atoms with van der Waals surface area (Å²) in [6.07, 6.45) is 0. The summed E-state index contributed by atoms with van der Waals surface area (Å²) in [7, 11) is 0. The van der Waals surface area contributed by atoms with Crippen LogP contribution in [0, 0.1) is 0 Å². The molecule has 0 bridgehead atoms. The van der Waals surface area contributed by atoms with Crippen molar-refractivity contribution in [1.29, 1.82) is 0 Å². The molecule has 0 aliphatic carbocycles. The topological polar surface area (TPSA) is 149 Å². The molecule has 0 aromatic carbocycles. The quantitative estimate of drug-likeness (QED) is 0.305. The zero-order chi connectivity index (χ0) is 10.3. The van der Waals surface area contributed by atoms with E-state index in [4.69, 9.17) is 39.6 Å². The standard InChI is InChI=1S/2C2H2O4.Fe.Ni/c2*3-1(4)2(5)6;;/h2*(H,3,4)(H,5,6);;. The van der Waals surface area contributed by atoms with Crippen LogP contribution in [0.2, 0.25) is 0 Å². The van der Waals surface area contributed by atoms with Crippen molar-refractivity contribution in [2.45, 2.75) is 0 Å². The summed E-state index contributed by atoms with van der Waals surface area (Å²) in [5.74, 6) is -7.30. The zero-order valence-electron chi connectivity index (χ0n) is 6.09. The molecule has 0 atom stereocenters. The monoisotopic (exact) mass is 294 g/mol. The van der Waals surface area contributed by atoms with Crippen LogP contribution in [0.3, 0.4) is 0 Å².